The minimum absolute atomic E-state index is 0.140. The number of benzene rings is 1. The molecule has 2 aromatic heterocycles. The standard InChI is InChI=1S/C25H25FN6O2S/c1-14-10-18(19(26)15(2)29-14)21-20(17-5-3-4-16(11-17)12-27)30-23(35-21)31-24(34)32-8-6-25(7-9-32)13-28-22(25)33/h3-5,10-11,22,28,33H,6-9,13H2,1-2H3,(H,30,31,34). The molecule has 2 fully saturated rings. The number of hydrogen-bond donors (Lipinski definition) is 3. The molecule has 35 heavy (non-hydrogen) atoms. The number of thiazole rings is 1. The summed E-state index contributed by atoms with van der Waals surface area (Å²) in [5.41, 5.74) is 2.79. The van der Waals surface area contributed by atoms with Crippen molar-refractivity contribution in [2.24, 2.45) is 5.41 Å². The number of aliphatic hydroxyl groups excluding tert-OH is 1. The van der Waals surface area contributed by atoms with E-state index in [-0.39, 0.29) is 17.1 Å². The lowest BCUT2D eigenvalue weighted by molar-refractivity contribution is -0.103. The molecule has 10 heteroatoms. The molecule has 5 rings (SSSR count). The highest BCUT2D eigenvalue weighted by atomic mass is 32.1. The number of amides is 2. The van der Waals surface area contributed by atoms with Crippen LogP contribution in [0.5, 0.6) is 0 Å². The van der Waals surface area contributed by atoms with Gasteiger partial charge in [0.05, 0.1) is 27.9 Å². The number of nitriles is 1. The molecule has 2 aliphatic rings. The van der Waals surface area contributed by atoms with Crippen LogP contribution in [0.2, 0.25) is 0 Å². The number of nitrogens with zero attached hydrogens (tertiary/aromatic N) is 4. The van der Waals surface area contributed by atoms with Crippen LogP contribution >= 0.6 is 11.3 Å². The van der Waals surface area contributed by atoms with Gasteiger partial charge in [-0.15, -0.1) is 0 Å². The largest absolute Gasteiger partial charge is 0.378 e. The van der Waals surface area contributed by atoms with Gasteiger partial charge in [0.25, 0.3) is 0 Å². The number of aryl methyl sites for hydroxylation is 2. The van der Waals surface area contributed by atoms with Crippen LogP contribution in [0.3, 0.4) is 0 Å². The summed E-state index contributed by atoms with van der Waals surface area (Å²) in [7, 11) is 0. The van der Waals surface area contributed by atoms with Crippen LogP contribution in [-0.4, -0.2) is 51.9 Å². The fourth-order valence-corrected chi connectivity index (χ4v) is 5.71. The van der Waals surface area contributed by atoms with Gasteiger partial charge in [0.1, 0.15) is 6.23 Å². The fraction of sp³-hybridized carbons (Fsp3) is 0.360. The average molecular weight is 493 g/mol. The van der Waals surface area contributed by atoms with Crippen LogP contribution in [0.15, 0.2) is 30.3 Å². The van der Waals surface area contributed by atoms with Crippen molar-refractivity contribution < 1.29 is 14.3 Å². The Balaban J connectivity index is 1.46. The SMILES string of the molecule is Cc1cc(-c2sc(NC(=O)N3CCC4(CC3)CNC4O)nc2-c2cccc(C#N)c2)c(F)c(C)n1. The Kier molecular flexibility index (Phi) is 6.01. The van der Waals surface area contributed by atoms with Crippen LogP contribution in [-0.2, 0) is 0 Å². The van der Waals surface area contributed by atoms with Gasteiger partial charge in [-0.3, -0.25) is 15.6 Å². The lowest BCUT2D eigenvalue weighted by atomic mass is 9.71. The molecule has 0 bridgehead atoms. The molecule has 2 amide bonds. The molecule has 3 aromatic rings. The van der Waals surface area contributed by atoms with Gasteiger partial charge in [0.15, 0.2) is 10.9 Å². The average Bonchev–Trinajstić information content (AvgIpc) is 3.28. The number of carbonyl (C=O) groups excluding carboxylic acids is 1. The minimum atomic E-state index is -0.511. The number of anilines is 1. The molecular weight excluding hydrogens is 467 g/mol. The first-order chi connectivity index (χ1) is 16.8. The molecule has 3 N–H and O–H groups in total. The maximum Gasteiger partial charge on any atom is 0.323 e. The lowest BCUT2D eigenvalue weighted by Crippen LogP contribution is -2.66. The number of likely N-dealkylation sites (tertiary alicyclic amines) is 1. The second kappa shape index (κ2) is 9.00. The van der Waals surface area contributed by atoms with E-state index in [0.29, 0.717) is 51.2 Å². The maximum absolute atomic E-state index is 15.2. The second-order valence-corrected chi connectivity index (χ2v) is 10.2. The molecule has 0 aliphatic carbocycles. The summed E-state index contributed by atoms with van der Waals surface area (Å²) in [5, 5.41) is 25.6. The number of aromatic nitrogens is 2. The van der Waals surface area contributed by atoms with E-state index in [0.717, 1.165) is 19.4 Å². The molecule has 1 spiro atoms. The van der Waals surface area contributed by atoms with Gasteiger partial charge in [-0.2, -0.15) is 5.26 Å². The highest BCUT2D eigenvalue weighted by Crippen LogP contribution is 2.42. The zero-order valence-corrected chi connectivity index (χ0v) is 20.2. The van der Waals surface area contributed by atoms with Crippen LogP contribution in [0.4, 0.5) is 14.3 Å². The molecule has 4 heterocycles. The van der Waals surface area contributed by atoms with Crippen LogP contribution in [0.1, 0.15) is 29.8 Å². The number of carbonyl (C=O) groups is 1. The van der Waals surface area contributed by atoms with Gasteiger partial charge >= 0.3 is 6.03 Å². The number of nitrogens with one attached hydrogen (secondary N) is 2. The van der Waals surface area contributed by atoms with E-state index in [1.165, 1.54) is 11.3 Å². The molecule has 2 saturated heterocycles. The third kappa shape index (κ3) is 4.27. The van der Waals surface area contributed by atoms with Gasteiger partial charge < -0.3 is 10.0 Å². The summed E-state index contributed by atoms with van der Waals surface area (Å²) in [5.74, 6) is -0.441. The van der Waals surface area contributed by atoms with Gasteiger partial charge in [-0.25, -0.2) is 14.2 Å². The topological polar surface area (TPSA) is 114 Å². The molecule has 8 nitrogen and oxygen atoms in total. The molecule has 1 unspecified atom stereocenters. The number of pyridine rings is 1. The zero-order chi connectivity index (χ0) is 24.7. The second-order valence-electron chi connectivity index (χ2n) is 9.16. The molecular formula is C25H25FN6O2S. The molecule has 1 atom stereocenters. The number of piperidine rings is 1. The molecule has 0 saturated carbocycles. The Labute approximate surface area is 206 Å². The molecule has 2 aliphatic heterocycles. The first-order valence-corrected chi connectivity index (χ1v) is 12.2. The van der Waals surface area contributed by atoms with Crippen LogP contribution in [0, 0.1) is 36.4 Å². The maximum atomic E-state index is 15.2. The van der Waals surface area contributed by atoms with Gasteiger partial charge in [-0.05, 0) is 44.9 Å². The highest BCUT2D eigenvalue weighted by Gasteiger charge is 2.48. The van der Waals surface area contributed by atoms with E-state index in [9.17, 15) is 15.2 Å². The van der Waals surface area contributed by atoms with E-state index in [1.807, 2.05) is 6.07 Å². The summed E-state index contributed by atoms with van der Waals surface area (Å²) in [6.07, 6.45) is 0.943. The predicted molar refractivity (Wildman–Crippen MR) is 131 cm³/mol. The van der Waals surface area contributed by atoms with E-state index in [1.54, 1.807) is 43.0 Å². The van der Waals surface area contributed by atoms with Crippen molar-refractivity contribution in [1.82, 2.24) is 20.2 Å². The smallest absolute Gasteiger partial charge is 0.323 e. The van der Waals surface area contributed by atoms with Crippen molar-refractivity contribution in [2.75, 3.05) is 25.0 Å². The minimum Gasteiger partial charge on any atom is -0.378 e. The van der Waals surface area contributed by atoms with Crippen LogP contribution in [0.25, 0.3) is 21.7 Å². The third-order valence-corrected chi connectivity index (χ3v) is 7.88. The first-order valence-electron chi connectivity index (χ1n) is 11.4. The van der Waals surface area contributed by atoms with E-state index in [4.69, 9.17) is 0 Å². The van der Waals surface area contributed by atoms with Gasteiger partial charge in [0, 0.05) is 41.9 Å². The van der Waals surface area contributed by atoms with Crippen LogP contribution < -0.4 is 10.6 Å². The Morgan fingerprint density at radius 3 is 2.74 bits per heavy atom. The normalized spacial score (nSPS) is 18.7. The van der Waals surface area contributed by atoms with E-state index in [2.05, 4.69) is 26.7 Å². The highest BCUT2D eigenvalue weighted by molar-refractivity contribution is 7.19. The Hall–Kier alpha value is -3.39. The van der Waals surface area contributed by atoms with Gasteiger partial charge in [-0.1, -0.05) is 23.5 Å². The zero-order valence-electron chi connectivity index (χ0n) is 19.4. The van der Waals surface area contributed by atoms with E-state index >= 15 is 4.39 Å². The van der Waals surface area contributed by atoms with Gasteiger partial charge in [0.2, 0.25) is 0 Å². The van der Waals surface area contributed by atoms with Crippen molar-refractivity contribution in [3.8, 4) is 27.8 Å². The lowest BCUT2D eigenvalue weighted by Gasteiger charge is -2.51. The summed E-state index contributed by atoms with van der Waals surface area (Å²) in [6.45, 7) is 5.26. The quantitative estimate of drug-likeness (QED) is 0.509. The van der Waals surface area contributed by atoms with Crippen molar-refractivity contribution in [3.63, 3.8) is 0 Å². The Morgan fingerprint density at radius 2 is 2.09 bits per heavy atom. The number of urea groups is 1. The summed E-state index contributed by atoms with van der Waals surface area (Å²) in [4.78, 5) is 24.1. The molecule has 0 radical (unpaired) electrons. The van der Waals surface area contributed by atoms with Crippen molar-refractivity contribution in [2.45, 2.75) is 32.9 Å². The Bertz CT molecular complexity index is 1340. The predicted octanol–water partition coefficient (Wildman–Crippen LogP) is 4.04. The number of hydrogen-bond acceptors (Lipinski definition) is 7. The monoisotopic (exact) mass is 492 g/mol. The van der Waals surface area contributed by atoms with Crippen molar-refractivity contribution >= 4 is 22.5 Å². The summed E-state index contributed by atoms with van der Waals surface area (Å²) < 4.78 is 15.2. The number of aliphatic hydroxyl groups is 1. The summed E-state index contributed by atoms with van der Waals surface area (Å²) in [6, 6.07) is 10.5. The number of halogens is 1. The molecule has 180 valence electrons. The van der Waals surface area contributed by atoms with E-state index < -0.39 is 12.0 Å². The first kappa shape index (κ1) is 23.4. The third-order valence-electron chi connectivity index (χ3n) is 6.88. The van der Waals surface area contributed by atoms with Crippen molar-refractivity contribution in [1.29, 1.82) is 5.26 Å². The van der Waals surface area contributed by atoms with Crippen molar-refractivity contribution in [3.05, 3.63) is 53.1 Å². The Morgan fingerprint density at radius 1 is 1.31 bits per heavy atom. The number of rotatable bonds is 3. The molecule has 1 aromatic carbocycles. The fourth-order valence-electron chi connectivity index (χ4n) is 4.72. The summed E-state index contributed by atoms with van der Waals surface area (Å²) >= 11 is 1.19.